The van der Waals surface area contributed by atoms with E-state index in [1.54, 1.807) is 13.2 Å². The van der Waals surface area contributed by atoms with Crippen LogP contribution in [0.1, 0.15) is 18.5 Å². The Labute approximate surface area is 131 Å². The van der Waals surface area contributed by atoms with E-state index in [4.69, 9.17) is 4.74 Å². The van der Waals surface area contributed by atoms with Gasteiger partial charge in [0.2, 0.25) is 5.91 Å². The summed E-state index contributed by atoms with van der Waals surface area (Å²) >= 11 is 0. The third kappa shape index (κ3) is 4.40. The summed E-state index contributed by atoms with van der Waals surface area (Å²) in [6.07, 6.45) is 0. The maximum absolute atomic E-state index is 13.4. The molecule has 0 saturated carbocycles. The number of rotatable bonds is 4. The van der Waals surface area contributed by atoms with Gasteiger partial charge in [0.1, 0.15) is 5.82 Å². The Balaban J connectivity index is 0.00000220. The van der Waals surface area contributed by atoms with E-state index < -0.39 is 0 Å². The third-order valence-corrected chi connectivity index (χ3v) is 3.60. The Morgan fingerprint density at radius 1 is 1.57 bits per heavy atom. The number of nitrogens with zero attached hydrogens (tertiary/aromatic N) is 1. The molecule has 1 N–H and O–H groups in total. The number of piperazine rings is 1. The molecule has 1 heterocycles. The molecular formula is C15H22ClFN2O2. The highest BCUT2D eigenvalue weighted by Gasteiger charge is 2.30. The van der Waals surface area contributed by atoms with Crippen LogP contribution < -0.4 is 5.32 Å². The van der Waals surface area contributed by atoms with Crippen molar-refractivity contribution < 1.29 is 13.9 Å². The second kappa shape index (κ2) is 8.32. The molecule has 4 nitrogen and oxygen atoms in total. The molecule has 6 heteroatoms. The van der Waals surface area contributed by atoms with Crippen LogP contribution in [0, 0.1) is 11.7 Å². The maximum Gasteiger partial charge on any atom is 0.228 e. The van der Waals surface area contributed by atoms with Crippen LogP contribution in [0.25, 0.3) is 0 Å². The summed E-state index contributed by atoms with van der Waals surface area (Å²) in [7, 11) is 1.59. The quantitative estimate of drug-likeness (QED) is 0.924. The number of hydrogen-bond donors (Lipinski definition) is 1. The Morgan fingerprint density at radius 3 is 3.00 bits per heavy atom. The molecule has 2 atom stereocenters. The van der Waals surface area contributed by atoms with E-state index in [0.717, 1.165) is 12.1 Å². The van der Waals surface area contributed by atoms with E-state index in [0.29, 0.717) is 19.7 Å². The average Bonchev–Trinajstić information content (AvgIpc) is 2.47. The molecule has 1 aliphatic heterocycles. The zero-order valence-corrected chi connectivity index (χ0v) is 13.2. The van der Waals surface area contributed by atoms with Crippen molar-refractivity contribution in [3.63, 3.8) is 0 Å². The monoisotopic (exact) mass is 316 g/mol. The molecular weight excluding hydrogens is 295 g/mol. The molecule has 0 bridgehead atoms. The number of ether oxygens (including phenoxy) is 1. The molecule has 1 fully saturated rings. The zero-order valence-electron chi connectivity index (χ0n) is 12.3. The van der Waals surface area contributed by atoms with E-state index in [9.17, 15) is 9.18 Å². The fourth-order valence-electron chi connectivity index (χ4n) is 2.58. The van der Waals surface area contributed by atoms with Crippen LogP contribution in [-0.4, -0.2) is 44.2 Å². The lowest BCUT2D eigenvalue weighted by Gasteiger charge is -2.38. The van der Waals surface area contributed by atoms with Gasteiger partial charge in [0.15, 0.2) is 0 Å². The maximum atomic E-state index is 13.4. The average molecular weight is 317 g/mol. The summed E-state index contributed by atoms with van der Waals surface area (Å²) in [5, 5.41) is 3.26. The largest absolute Gasteiger partial charge is 0.384 e. The second-order valence-electron chi connectivity index (χ2n) is 5.16. The summed E-state index contributed by atoms with van der Waals surface area (Å²) < 4.78 is 18.4. The smallest absolute Gasteiger partial charge is 0.228 e. The number of amides is 1. The number of hydrogen-bond acceptors (Lipinski definition) is 3. The van der Waals surface area contributed by atoms with Gasteiger partial charge in [-0.05, 0) is 17.7 Å². The number of methoxy groups -OCH3 is 1. The number of halogens is 2. The van der Waals surface area contributed by atoms with Crippen molar-refractivity contribution in [3.05, 3.63) is 35.6 Å². The summed E-state index contributed by atoms with van der Waals surface area (Å²) in [4.78, 5) is 14.3. The van der Waals surface area contributed by atoms with Gasteiger partial charge in [-0.2, -0.15) is 0 Å². The third-order valence-electron chi connectivity index (χ3n) is 3.60. The molecule has 2 rings (SSSR count). The summed E-state index contributed by atoms with van der Waals surface area (Å²) in [6, 6.07) is 6.34. The molecule has 0 spiro atoms. The summed E-state index contributed by atoms with van der Waals surface area (Å²) in [5.74, 6) is -0.401. The fraction of sp³-hybridized carbons (Fsp3) is 0.533. The lowest BCUT2D eigenvalue weighted by molar-refractivity contribution is -0.140. The molecule has 21 heavy (non-hydrogen) atoms. The Morgan fingerprint density at radius 2 is 2.33 bits per heavy atom. The van der Waals surface area contributed by atoms with Crippen molar-refractivity contribution in [1.29, 1.82) is 0 Å². The minimum Gasteiger partial charge on any atom is -0.384 e. The molecule has 1 aromatic carbocycles. The Bertz CT molecular complexity index is 473. The van der Waals surface area contributed by atoms with Gasteiger partial charge in [-0.1, -0.05) is 19.1 Å². The lowest BCUT2D eigenvalue weighted by atomic mass is 10.0. The summed E-state index contributed by atoms with van der Waals surface area (Å²) in [6.45, 7) is 4.30. The Kier molecular flexibility index (Phi) is 7.08. The fourth-order valence-corrected chi connectivity index (χ4v) is 2.58. The normalized spacial score (nSPS) is 19.8. The predicted octanol–water partition coefficient (Wildman–Crippen LogP) is 2.00. The molecule has 0 radical (unpaired) electrons. The zero-order chi connectivity index (χ0) is 14.5. The molecule has 0 aliphatic carbocycles. The van der Waals surface area contributed by atoms with Crippen LogP contribution >= 0.6 is 12.4 Å². The van der Waals surface area contributed by atoms with Gasteiger partial charge >= 0.3 is 0 Å². The number of benzene rings is 1. The predicted molar refractivity (Wildman–Crippen MR) is 82.0 cm³/mol. The van der Waals surface area contributed by atoms with Crippen molar-refractivity contribution in [2.24, 2.45) is 5.92 Å². The van der Waals surface area contributed by atoms with Crippen LogP contribution in [0.5, 0.6) is 0 Å². The number of nitrogens with one attached hydrogen (secondary N) is 1. The Hall–Kier alpha value is -1.17. The van der Waals surface area contributed by atoms with Gasteiger partial charge in [-0.25, -0.2) is 4.39 Å². The van der Waals surface area contributed by atoms with Crippen molar-refractivity contribution in [3.8, 4) is 0 Å². The first-order chi connectivity index (χ1) is 9.63. The van der Waals surface area contributed by atoms with Crippen LogP contribution in [0.15, 0.2) is 24.3 Å². The molecule has 2 unspecified atom stereocenters. The van der Waals surface area contributed by atoms with Crippen LogP contribution in [-0.2, 0) is 9.53 Å². The van der Waals surface area contributed by atoms with Gasteiger partial charge in [0, 0.05) is 26.7 Å². The summed E-state index contributed by atoms with van der Waals surface area (Å²) in [5.41, 5.74) is 0.829. The van der Waals surface area contributed by atoms with Crippen molar-refractivity contribution in [2.45, 2.75) is 13.0 Å². The van der Waals surface area contributed by atoms with Crippen LogP contribution in [0.2, 0.25) is 0 Å². The first kappa shape index (κ1) is 17.9. The van der Waals surface area contributed by atoms with Crippen LogP contribution in [0.3, 0.4) is 0 Å². The van der Waals surface area contributed by atoms with Gasteiger partial charge in [0.05, 0.1) is 18.6 Å². The highest BCUT2D eigenvalue weighted by molar-refractivity contribution is 5.85. The lowest BCUT2D eigenvalue weighted by Crippen LogP contribution is -2.50. The highest BCUT2D eigenvalue weighted by atomic mass is 35.5. The minimum atomic E-state index is -0.273. The van der Waals surface area contributed by atoms with E-state index in [2.05, 4.69) is 5.32 Å². The van der Waals surface area contributed by atoms with E-state index >= 15 is 0 Å². The van der Waals surface area contributed by atoms with Crippen molar-refractivity contribution >= 4 is 18.3 Å². The van der Waals surface area contributed by atoms with Crippen molar-refractivity contribution in [1.82, 2.24) is 10.2 Å². The number of carbonyl (C=O) groups excluding carboxylic acids is 1. The van der Waals surface area contributed by atoms with Gasteiger partial charge in [-0.3, -0.25) is 4.79 Å². The van der Waals surface area contributed by atoms with Gasteiger partial charge in [-0.15, -0.1) is 12.4 Å². The van der Waals surface area contributed by atoms with Crippen LogP contribution in [0.4, 0.5) is 4.39 Å². The number of carbonyl (C=O) groups is 1. The highest BCUT2D eigenvalue weighted by Crippen LogP contribution is 2.24. The first-order valence-electron chi connectivity index (χ1n) is 6.89. The molecule has 118 valence electrons. The molecule has 1 aromatic rings. The molecule has 1 amide bonds. The van der Waals surface area contributed by atoms with Gasteiger partial charge in [0.25, 0.3) is 0 Å². The van der Waals surface area contributed by atoms with E-state index in [1.807, 2.05) is 17.9 Å². The van der Waals surface area contributed by atoms with Crippen molar-refractivity contribution in [2.75, 3.05) is 33.4 Å². The van der Waals surface area contributed by atoms with Gasteiger partial charge < -0.3 is 15.0 Å². The second-order valence-corrected chi connectivity index (χ2v) is 5.16. The molecule has 0 aromatic heterocycles. The topological polar surface area (TPSA) is 41.6 Å². The van der Waals surface area contributed by atoms with E-state index in [-0.39, 0.29) is 36.1 Å². The molecule has 1 aliphatic rings. The first-order valence-corrected chi connectivity index (χ1v) is 6.89. The van der Waals surface area contributed by atoms with E-state index in [1.165, 1.54) is 12.1 Å². The molecule has 1 saturated heterocycles. The standard InChI is InChI=1S/C15H21FN2O2.ClH/c1-11(10-20-2)15(19)18-7-6-17-9-14(18)12-4-3-5-13(16)8-12;/h3-5,8,11,14,17H,6-7,9-10H2,1-2H3;1H. The minimum absolute atomic E-state index is 0. The SMILES string of the molecule is COCC(C)C(=O)N1CCNCC1c1cccc(F)c1.Cl.